The molecule has 1 aromatic carbocycles. The van der Waals surface area contributed by atoms with Crippen LogP contribution in [0.15, 0.2) is 30.5 Å². The van der Waals surface area contributed by atoms with Gasteiger partial charge in [-0.1, -0.05) is 12.1 Å². The van der Waals surface area contributed by atoms with E-state index in [1.807, 2.05) is 23.9 Å². The van der Waals surface area contributed by atoms with E-state index in [-0.39, 0.29) is 10.6 Å². The Balaban J connectivity index is 2.15. The predicted molar refractivity (Wildman–Crippen MR) is 73.1 cm³/mol. The molecule has 0 amide bonds. The topological polar surface area (TPSA) is 73.0 Å². The third-order valence-corrected chi connectivity index (χ3v) is 2.90. The summed E-state index contributed by atoms with van der Waals surface area (Å²) in [7, 11) is 0. The predicted octanol–water partition coefficient (Wildman–Crippen LogP) is 2.73. The molecule has 1 heterocycles. The van der Waals surface area contributed by atoms with E-state index in [0.717, 1.165) is 12.2 Å². The highest BCUT2D eigenvalue weighted by atomic mass is 16.6. The summed E-state index contributed by atoms with van der Waals surface area (Å²) < 4.78 is 1.82. The van der Waals surface area contributed by atoms with E-state index in [4.69, 9.17) is 0 Å². The fourth-order valence-electron chi connectivity index (χ4n) is 1.90. The second kappa shape index (κ2) is 5.51. The normalized spacial score (nSPS) is 10.4. The summed E-state index contributed by atoms with van der Waals surface area (Å²) in [5.41, 5.74) is 2.15. The Morgan fingerprint density at radius 1 is 1.42 bits per heavy atom. The maximum Gasteiger partial charge on any atom is 0.295 e. The highest BCUT2D eigenvalue weighted by molar-refractivity contribution is 5.64. The summed E-state index contributed by atoms with van der Waals surface area (Å²) in [4.78, 5) is 10.7. The minimum Gasteiger partial charge on any atom is -0.374 e. The van der Waals surface area contributed by atoms with Gasteiger partial charge in [0, 0.05) is 18.3 Å². The van der Waals surface area contributed by atoms with Crippen LogP contribution in [0.1, 0.15) is 18.2 Å². The van der Waals surface area contributed by atoms with Crippen LogP contribution in [0.25, 0.3) is 0 Å². The number of nitro groups is 1. The van der Waals surface area contributed by atoms with E-state index in [1.165, 1.54) is 0 Å². The zero-order valence-electron chi connectivity index (χ0n) is 11.0. The number of benzene rings is 1. The molecule has 0 aliphatic heterocycles. The molecule has 2 rings (SSSR count). The SMILES string of the molecule is CCn1ccc(CNc2cccc(C)c2[N+](=O)[O-])n1. The zero-order valence-corrected chi connectivity index (χ0v) is 11.0. The van der Waals surface area contributed by atoms with Gasteiger partial charge in [0.2, 0.25) is 0 Å². The first-order valence-corrected chi connectivity index (χ1v) is 6.12. The molecule has 6 nitrogen and oxygen atoms in total. The third kappa shape index (κ3) is 2.90. The van der Waals surface area contributed by atoms with Crippen LogP contribution in [0.3, 0.4) is 0 Å². The minimum absolute atomic E-state index is 0.123. The van der Waals surface area contributed by atoms with Crippen molar-refractivity contribution >= 4 is 11.4 Å². The molecule has 0 saturated carbocycles. The molecule has 19 heavy (non-hydrogen) atoms. The maximum atomic E-state index is 11.1. The Bertz CT molecular complexity index is 592. The van der Waals surface area contributed by atoms with E-state index in [2.05, 4.69) is 10.4 Å². The molecule has 1 aromatic heterocycles. The van der Waals surface area contributed by atoms with Crippen molar-refractivity contribution in [2.75, 3.05) is 5.32 Å². The van der Waals surface area contributed by atoms with Gasteiger partial charge in [-0.05, 0) is 26.0 Å². The first-order valence-electron chi connectivity index (χ1n) is 6.12. The van der Waals surface area contributed by atoms with Crippen molar-refractivity contribution in [3.8, 4) is 0 Å². The van der Waals surface area contributed by atoms with E-state index >= 15 is 0 Å². The standard InChI is InChI=1S/C13H16N4O2/c1-3-16-8-7-11(15-16)9-14-12-6-4-5-10(2)13(12)17(18)19/h4-8,14H,3,9H2,1-2H3. The number of rotatable bonds is 5. The summed E-state index contributed by atoms with van der Waals surface area (Å²) in [6.45, 7) is 5.02. The van der Waals surface area contributed by atoms with Crippen molar-refractivity contribution in [2.45, 2.75) is 26.9 Å². The summed E-state index contributed by atoms with van der Waals surface area (Å²) in [6.07, 6.45) is 1.89. The van der Waals surface area contributed by atoms with Gasteiger partial charge < -0.3 is 5.32 Å². The highest BCUT2D eigenvalue weighted by Gasteiger charge is 2.16. The molecule has 1 N–H and O–H groups in total. The quantitative estimate of drug-likeness (QED) is 0.662. The van der Waals surface area contributed by atoms with E-state index in [1.54, 1.807) is 25.1 Å². The number of aromatic nitrogens is 2. The van der Waals surface area contributed by atoms with Crippen molar-refractivity contribution in [3.05, 3.63) is 51.8 Å². The molecular weight excluding hydrogens is 244 g/mol. The van der Waals surface area contributed by atoms with Crippen LogP contribution in [0.2, 0.25) is 0 Å². The molecule has 0 saturated heterocycles. The summed E-state index contributed by atoms with van der Waals surface area (Å²) >= 11 is 0. The summed E-state index contributed by atoms with van der Waals surface area (Å²) in [6, 6.07) is 7.14. The number of nitrogens with zero attached hydrogens (tertiary/aromatic N) is 3. The van der Waals surface area contributed by atoms with Crippen LogP contribution >= 0.6 is 0 Å². The number of aryl methyl sites for hydroxylation is 2. The molecule has 0 atom stereocenters. The average molecular weight is 260 g/mol. The molecule has 0 aliphatic carbocycles. The van der Waals surface area contributed by atoms with E-state index in [0.29, 0.717) is 17.8 Å². The Kier molecular flexibility index (Phi) is 3.79. The Morgan fingerprint density at radius 2 is 2.21 bits per heavy atom. The Hall–Kier alpha value is -2.37. The second-order valence-electron chi connectivity index (χ2n) is 4.24. The van der Waals surface area contributed by atoms with Crippen LogP contribution in [0.5, 0.6) is 0 Å². The van der Waals surface area contributed by atoms with Gasteiger partial charge >= 0.3 is 0 Å². The van der Waals surface area contributed by atoms with Gasteiger partial charge in [0.05, 0.1) is 17.2 Å². The zero-order chi connectivity index (χ0) is 13.8. The molecule has 100 valence electrons. The number of para-hydroxylation sites is 1. The van der Waals surface area contributed by atoms with Crippen LogP contribution in [-0.4, -0.2) is 14.7 Å². The first kappa shape index (κ1) is 13.1. The molecule has 2 aromatic rings. The van der Waals surface area contributed by atoms with Crippen LogP contribution < -0.4 is 5.32 Å². The average Bonchev–Trinajstić information content (AvgIpc) is 2.83. The lowest BCUT2D eigenvalue weighted by atomic mass is 10.1. The molecule has 0 fully saturated rings. The van der Waals surface area contributed by atoms with Gasteiger partial charge in [-0.2, -0.15) is 5.10 Å². The van der Waals surface area contributed by atoms with Crippen LogP contribution in [-0.2, 0) is 13.1 Å². The minimum atomic E-state index is -0.359. The van der Waals surface area contributed by atoms with Crippen molar-refractivity contribution < 1.29 is 4.92 Å². The highest BCUT2D eigenvalue weighted by Crippen LogP contribution is 2.28. The van der Waals surface area contributed by atoms with Crippen molar-refractivity contribution in [1.29, 1.82) is 0 Å². The maximum absolute atomic E-state index is 11.1. The van der Waals surface area contributed by atoms with E-state index < -0.39 is 0 Å². The molecule has 0 spiro atoms. The molecule has 0 bridgehead atoms. The van der Waals surface area contributed by atoms with Crippen molar-refractivity contribution in [2.24, 2.45) is 0 Å². The smallest absolute Gasteiger partial charge is 0.295 e. The first-order chi connectivity index (χ1) is 9.11. The van der Waals surface area contributed by atoms with Gasteiger partial charge in [-0.15, -0.1) is 0 Å². The van der Waals surface area contributed by atoms with Gasteiger partial charge in [-0.25, -0.2) is 0 Å². The number of hydrogen-bond acceptors (Lipinski definition) is 4. The van der Waals surface area contributed by atoms with E-state index in [9.17, 15) is 10.1 Å². The molecule has 0 aliphatic rings. The second-order valence-corrected chi connectivity index (χ2v) is 4.24. The monoisotopic (exact) mass is 260 g/mol. The van der Waals surface area contributed by atoms with Crippen LogP contribution in [0.4, 0.5) is 11.4 Å². The fourth-order valence-corrected chi connectivity index (χ4v) is 1.90. The number of nitrogens with one attached hydrogen (secondary N) is 1. The van der Waals surface area contributed by atoms with Gasteiger partial charge in [0.1, 0.15) is 5.69 Å². The van der Waals surface area contributed by atoms with Crippen molar-refractivity contribution in [1.82, 2.24) is 9.78 Å². The summed E-state index contributed by atoms with van der Waals surface area (Å²) in [5, 5.41) is 18.4. The lowest BCUT2D eigenvalue weighted by Crippen LogP contribution is -2.05. The molecule has 0 radical (unpaired) electrons. The number of nitro benzene ring substituents is 1. The van der Waals surface area contributed by atoms with Gasteiger partial charge in [0.15, 0.2) is 0 Å². The van der Waals surface area contributed by atoms with Crippen LogP contribution in [0, 0.1) is 17.0 Å². The largest absolute Gasteiger partial charge is 0.374 e. The van der Waals surface area contributed by atoms with Crippen molar-refractivity contribution in [3.63, 3.8) is 0 Å². The lowest BCUT2D eigenvalue weighted by molar-refractivity contribution is -0.384. The van der Waals surface area contributed by atoms with Gasteiger partial charge in [0.25, 0.3) is 5.69 Å². The van der Waals surface area contributed by atoms with Gasteiger partial charge in [-0.3, -0.25) is 14.8 Å². The summed E-state index contributed by atoms with van der Waals surface area (Å²) in [5.74, 6) is 0. The lowest BCUT2D eigenvalue weighted by Gasteiger charge is -2.07. The number of anilines is 1. The third-order valence-electron chi connectivity index (χ3n) is 2.90. The molecular formula is C13H16N4O2. The molecule has 0 unspecified atom stereocenters. The Morgan fingerprint density at radius 3 is 2.84 bits per heavy atom. The Labute approximate surface area is 111 Å². The number of hydrogen-bond donors (Lipinski definition) is 1. The fraction of sp³-hybridized carbons (Fsp3) is 0.308. The molecule has 6 heteroatoms.